The molecule has 4 rings (SSSR count). The van der Waals surface area contributed by atoms with Gasteiger partial charge in [-0.05, 0) is 48.2 Å². The molecule has 0 aliphatic carbocycles. The van der Waals surface area contributed by atoms with E-state index in [2.05, 4.69) is 36.1 Å². The number of aromatic nitrogens is 1. The molecular formula is C22H24N2O2. The van der Waals surface area contributed by atoms with E-state index in [0.717, 1.165) is 60.6 Å². The van der Waals surface area contributed by atoms with Crippen LogP contribution in [-0.2, 0) is 19.6 Å². The molecule has 2 heterocycles. The number of aliphatic hydroxyl groups excluding tert-OH is 1. The van der Waals surface area contributed by atoms with Crippen LogP contribution in [0.4, 0.5) is 5.82 Å². The third-order valence-electron chi connectivity index (χ3n) is 4.91. The summed E-state index contributed by atoms with van der Waals surface area (Å²) < 4.78 is 5.76. The maximum Gasteiger partial charge on any atom is 0.135 e. The fraction of sp³-hybridized carbons (Fsp3) is 0.318. The van der Waals surface area contributed by atoms with Gasteiger partial charge in [0.25, 0.3) is 0 Å². The molecule has 4 nitrogen and oxygen atoms in total. The molecule has 1 aliphatic heterocycles. The van der Waals surface area contributed by atoms with Crippen molar-refractivity contribution in [2.75, 3.05) is 18.1 Å². The number of hydrogen-bond acceptors (Lipinski definition) is 4. The first-order valence-electron chi connectivity index (χ1n) is 9.27. The zero-order valence-corrected chi connectivity index (χ0v) is 15.1. The van der Waals surface area contributed by atoms with Crippen molar-refractivity contribution in [3.05, 3.63) is 65.2 Å². The van der Waals surface area contributed by atoms with Gasteiger partial charge in [0.05, 0.1) is 18.7 Å². The molecule has 0 radical (unpaired) electrons. The average Bonchev–Trinajstić information content (AvgIpc) is 2.70. The Morgan fingerprint density at radius 2 is 2.00 bits per heavy atom. The molecule has 0 unspecified atom stereocenters. The van der Waals surface area contributed by atoms with Gasteiger partial charge in [-0.15, -0.1) is 0 Å². The van der Waals surface area contributed by atoms with Crippen molar-refractivity contribution in [2.24, 2.45) is 0 Å². The minimum absolute atomic E-state index is 0.000318. The van der Waals surface area contributed by atoms with Crippen LogP contribution in [0, 0.1) is 0 Å². The van der Waals surface area contributed by atoms with E-state index >= 15 is 0 Å². The summed E-state index contributed by atoms with van der Waals surface area (Å²) in [5.41, 5.74) is 4.50. The molecule has 1 aromatic heterocycles. The van der Waals surface area contributed by atoms with Gasteiger partial charge in [0.15, 0.2) is 0 Å². The van der Waals surface area contributed by atoms with Crippen molar-refractivity contribution in [3.63, 3.8) is 0 Å². The lowest BCUT2D eigenvalue weighted by Gasteiger charge is -2.31. The number of para-hydroxylation sites is 1. The topological polar surface area (TPSA) is 45.6 Å². The number of benzene rings is 2. The highest BCUT2D eigenvalue weighted by atomic mass is 16.5. The Labute approximate surface area is 154 Å². The molecule has 0 bridgehead atoms. The van der Waals surface area contributed by atoms with Crippen molar-refractivity contribution in [1.82, 2.24) is 4.98 Å². The third-order valence-corrected chi connectivity index (χ3v) is 4.91. The van der Waals surface area contributed by atoms with Crippen molar-refractivity contribution < 1.29 is 9.84 Å². The summed E-state index contributed by atoms with van der Waals surface area (Å²) in [4.78, 5) is 7.11. The van der Waals surface area contributed by atoms with Gasteiger partial charge in [-0.3, -0.25) is 0 Å². The molecule has 26 heavy (non-hydrogen) atoms. The second-order valence-electron chi connectivity index (χ2n) is 6.77. The second kappa shape index (κ2) is 7.34. The molecule has 0 saturated heterocycles. The highest BCUT2D eigenvalue weighted by Gasteiger charge is 2.20. The lowest BCUT2D eigenvalue weighted by Crippen LogP contribution is -2.32. The normalized spacial score (nSPS) is 13.7. The summed E-state index contributed by atoms with van der Waals surface area (Å²) in [6.45, 7) is 4.57. The molecule has 0 fully saturated rings. The lowest BCUT2D eigenvalue weighted by molar-refractivity contribution is 0.281. The monoisotopic (exact) mass is 348 g/mol. The third kappa shape index (κ3) is 3.25. The van der Waals surface area contributed by atoms with Crippen LogP contribution in [0.15, 0.2) is 48.5 Å². The highest BCUT2D eigenvalue weighted by molar-refractivity contribution is 5.81. The minimum Gasteiger partial charge on any atom is -0.494 e. The molecule has 0 amide bonds. The molecule has 4 heteroatoms. The maximum atomic E-state index is 9.84. The van der Waals surface area contributed by atoms with Gasteiger partial charge in [-0.25, -0.2) is 4.98 Å². The first-order chi connectivity index (χ1) is 12.8. The SMILES string of the molecule is CCCOc1ccc2c(c1)CCN(c1nc3ccccc3cc1CO)C2. The largest absolute Gasteiger partial charge is 0.494 e. The summed E-state index contributed by atoms with van der Waals surface area (Å²) in [7, 11) is 0. The molecule has 3 aromatic rings. The van der Waals surface area contributed by atoms with Crippen LogP contribution in [-0.4, -0.2) is 23.2 Å². The van der Waals surface area contributed by atoms with Gasteiger partial charge >= 0.3 is 0 Å². The predicted octanol–water partition coefficient (Wildman–Crippen LogP) is 4.08. The number of anilines is 1. The van der Waals surface area contributed by atoms with Crippen LogP contribution in [0.5, 0.6) is 5.75 Å². The van der Waals surface area contributed by atoms with Gasteiger partial charge in [-0.1, -0.05) is 31.2 Å². The van der Waals surface area contributed by atoms with E-state index in [1.54, 1.807) is 0 Å². The fourth-order valence-corrected chi connectivity index (χ4v) is 3.56. The van der Waals surface area contributed by atoms with E-state index in [4.69, 9.17) is 9.72 Å². The number of rotatable bonds is 5. The molecule has 0 atom stereocenters. The summed E-state index contributed by atoms with van der Waals surface area (Å²) in [5.74, 6) is 1.85. The Morgan fingerprint density at radius 1 is 1.12 bits per heavy atom. The van der Waals surface area contributed by atoms with E-state index in [0.29, 0.717) is 0 Å². The Hall–Kier alpha value is -2.59. The number of pyridine rings is 1. The summed E-state index contributed by atoms with van der Waals surface area (Å²) in [6.07, 6.45) is 1.97. The van der Waals surface area contributed by atoms with E-state index in [1.807, 2.05) is 24.3 Å². The zero-order chi connectivity index (χ0) is 17.9. The van der Waals surface area contributed by atoms with E-state index in [9.17, 15) is 5.11 Å². The number of hydrogen-bond donors (Lipinski definition) is 1. The van der Waals surface area contributed by atoms with Crippen molar-refractivity contribution in [2.45, 2.75) is 32.9 Å². The van der Waals surface area contributed by atoms with Crippen LogP contribution < -0.4 is 9.64 Å². The van der Waals surface area contributed by atoms with Crippen LogP contribution in [0.2, 0.25) is 0 Å². The summed E-state index contributed by atoms with van der Waals surface area (Å²) in [5, 5.41) is 10.9. The van der Waals surface area contributed by atoms with Crippen LogP contribution in [0.3, 0.4) is 0 Å². The number of aliphatic hydroxyl groups is 1. The number of fused-ring (bicyclic) bond motifs is 2. The van der Waals surface area contributed by atoms with Gasteiger partial charge in [0, 0.05) is 24.0 Å². The maximum absolute atomic E-state index is 9.84. The summed E-state index contributed by atoms with van der Waals surface area (Å²) >= 11 is 0. The second-order valence-corrected chi connectivity index (χ2v) is 6.77. The quantitative estimate of drug-likeness (QED) is 0.755. The van der Waals surface area contributed by atoms with Crippen molar-refractivity contribution in [3.8, 4) is 5.75 Å². The smallest absolute Gasteiger partial charge is 0.135 e. The first kappa shape index (κ1) is 16.9. The van der Waals surface area contributed by atoms with Crippen LogP contribution in [0.25, 0.3) is 10.9 Å². The van der Waals surface area contributed by atoms with E-state index in [-0.39, 0.29) is 6.61 Å². The number of nitrogens with zero attached hydrogens (tertiary/aromatic N) is 2. The molecule has 2 aromatic carbocycles. The van der Waals surface area contributed by atoms with E-state index < -0.39 is 0 Å². The van der Waals surface area contributed by atoms with Gasteiger partial charge < -0.3 is 14.7 Å². The van der Waals surface area contributed by atoms with Crippen molar-refractivity contribution in [1.29, 1.82) is 0 Å². The zero-order valence-electron chi connectivity index (χ0n) is 15.1. The first-order valence-corrected chi connectivity index (χ1v) is 9.27. The summed E-state index contributed by atoms with van der Waals surface area (Å²) in [6, 6.07) is 16.5. The minimum atomic E-state index is 0.000318. The lowest BCUT2D eigenvalue weighted by atomic mass is 9.99. The highest BCUT2D eigenvalue weighted by Crippen LogP contribution is 2.30. The average molecular weight is 348 g/mol. The van der Waals surface area contributed by atoms with Gasteiger partial charge in [0.1, 0.15) is 11.6 Å². The Kier molecular flexibility index (Phi) is 4.76. The fourth-order valence-electron chi connectivity index (χ4n) is 3.56. The molecule has 1 N–H and O–H groups in total. The molecular weight excluding hydrogens is 324 g/mol. The van der Waals surface area contributed by atoms with Gasteiger partial charge in [-0.2, -0.15) is 0 Å². The predicted molar refractivity (Wildman–Crippen MR) is 105 cm³/mol. The van der Waals surface area contributed by atoms with Crippen LogP contribution in [0.1, 0.15) is 30.0 Å². The number of ether oxygens (including phenoxy) is 1. The Bertz CT molecular complexity index is 923. The Morgan fingerprint density at radius 3 is 2.85 bits per heavy atom. The molecule has 1 aliphatic rings. The van der Waals surface area contributed by atoms with Crippen molar-refractivity contribution >= 4 is 16.7 Å². The molecule has 0 spiro atoms. The van der Waals surface area contributed by atoms with Crippen LogP contribution >= 0.6 is 0 Å². The Balaban J connectivity index is 1.63. The van der Waals surface area contributed by atoms with E-state index in [1.165, 1.54) is 11.1 Å². The standard InChI is InChI=1S/C22H24N2O2/c1-2-11-26-20-8-7-18-14-24(10-9-16(18)13-20)22-19(15-25)12-17-5-3-4-6-21(17)23-22/h3-8,12-13,25H,2,9-11,14-15H2,1H3. The molecule has 0 saturated carbocycles. The van der Waals surface area contributed by atoms with Gasteiger partial charge in [0.2, 0.25) is 0 Å². The molecule has 134 valence electrons.